The normalized spacial score (nSPS) is 10.9. The molecule has 0 aromatic carbocycles. The molecule has 4 heteroatoms. The summed E-state index contributed by atoms with van der Waals surface area (Å²) in [5, 5.41) is 0. The summed E-state index contributed by atoms with van der Waals surface area (Å²) in [4.78, 5) is 24.2. The van der Waals surface area contributed by atoms with Crippen LogP contribution in [0.2, 0.25) is 0 Å². The molecule has 0 radical (unpaired) electrons. The third-order valence-corrected chi connectivity index (χ3v) is 2.79. The van der Waals surface area contributed by atoms with Crippen molar-refractivity contribution in [2.45, 2.75) is 20.8 Å². The lowest BCUT2D eigenvalue weighted by Crippen LogP contribution is -2.03. The monoisotopic (exact) mass is 253 g/mol. The topological polar surface area (TPSA) is 55.7 Å². The van der Waals surface area contributed by atoms with Crippen LogP contribution in [-0.4, -0.2) is 20.7 Å². The van der Waals surface area contributed by atoms with E-state index in [9.17, 15) is 4.79 Å². The number of ketones is 1. The van der Waals surface area contributed by atoms with E-state index in [-0.39, 0.29) is 5.78 Å². The maximum Gasteiger partial charge on any atom is 0.162 e. The Bertz CT molecular complexity index is 633. The predicted molar refractivity (Wildman–Crippen MR) is 74.7 cm³/mol. The number of carbonyl (C=O) groups excluding carboxylic acids is 1. The van der Waals surface area contributed by atoms with Gasteiger partial charge in [-0.2, -0.15) is 0 Å². The Balaban J connectivity index is 2.64. The highest BCUT2D eigenvalue weighted by Crippen LogP contribution is 2.23. The number of hydrogen-bond acceptors (Lipinski definition) is 4. The van der Waals surface area contributed by atoms with Crippen LogP contribution in [0.5, 0.6) is 0 Å². The number of aryl methyl sites for hydroxylation is 1. The Kier molecular flexibility index (Phi) is 3.80. The first-order valence-electron chi connectivity index (χ1n) is 6.04. The number of nitrogens with zero attached hydrogens (tertiary/aromatic N) is 3. The summed E-state index contributed by atoms with van der Waals surface area (Å²) >= 11 is 0. The second-order valence-electron chi connectivity index (χ2n) is 4.24. The van der Waals surface area contributed by atoms with Crippen molar-refractivity contribution in [2.75, 3.05) is 0 Å². The van der Waals surface area contributed by atoms with Crippen LogP contribution in [0.1, 0.15) is 35.5 Å². The van der Waals surface area contributed by atoms with Crippen molar-refractivity contribution < 1.29 is 4.79 Å². The van der Waals surface area contributed by atoms with Crippen molar-refractivity contribution in [1.29, 1.82) is 0 Å². The van der Waals surface area contributed by atoms with E-state index in [0.717, 1.165) is 22.5 Å². The maximum absolute atomic E-state index is 11.7. The fourth-order valence-corrected chi connectivity index (χ4v) is 2.05. The summed E-state index contributed by atoms with van der Waals surface area (Å²) in [5.41, 5.74) is 3.88. The highest BCUT2D eigenvalue weighted by atomic mass is 16.1. The van der Waals surface area contributed by atoms with Crippen LogP contribution in [0, 0.1) is 6.92 Å². The molecule has 0 unspecified atom stereocenters. The molecule has 2 rings (SSSR count). The standard InChI is InChI=1S/C15H15N3O/c1-4-5-12-6-14(13-7-16-9-17-8-13)18-10(2)15(12)11(3)19/h4-9H,1-3H3/b5-4-. The van der Waals surface area contributed by atoms with Gasteiger partial charge in [0.1, 0.15) is 6.33 Å². The summed E-state index contributed by atoms with van der Waals surface area (Å²) in [6.45, 7) is 5.32. The minimum Gasteiger partial charge on any atom is -0.294 e. The number of hydrogen-bond donors (Lipinski definition) is 0. The molecule has 0 amide bonds. The Morgan fingerprint density at radius 2 is 1.95 bits per heavy atom. The van der Waals surface area contributed by atoms with E-state index in [1.165, 1.54) is 6.33 Å². The van der Waals surface area contributed by atoms with Gasteiger partial charge in [-0.05, 0) is 32.4 Å². The fourth-order valence-electron chi connectivity index (χ4n) is 2.05. The molecule has 2 heterocycles. The van der Waals surface area contributed by atoms with Crippen LogP contribution in [0.15, 0.2) is 30.9 Å². The van der Waals surface area contributed by atoms with Crippen molar-refractivity contribution in [3.05, 3.63) is 47.7 Å². The Hall–Kier alpha value is -2.36. The van der Waals surface area contributed by atoms with E-state index < -0.39 is 0 Å². The number of pyridine rings is 1. The van der Waals surface area contributed by atoms with E-state index in [0.29, 0.717) is 5.56 Å². The zero-order valence-electron chi connectivity index (χ0n) is 11.2. The minimum absolute atomic E-state index is 0.0222. The van der Waals surface area contributed by atoms with E-state index in [1.54, 1.807) is 19.3 Å². The van der Waals surface area contributed by atoms with Gasteiger partial charge in [0.25, 0.3) is 0 Å². The lowest BCUT2D eigenvalue weighted by molar-refractivity contribution is 0.101. The zero-order valence-corrected chi connectivity index (χ0v) is 11.2. The molecule has 2 aromatic rings. The highest BCUT2D eigenvalue weighted by molar-refractivity contribution is 5.99. The van der Waals surface area contributed by atoms with Gasteiger partial charge in [0, 0.05) is 29.2 Å². The summed E-state index contributed by atoms with van der Waals surface area (Å²) in [6, 6.07) is 1.89. The SMILES string of the molecule is C/C=C\c1cc(-c2cncnc2)nc(C)c1C(C)=O. The van der Waals surface area contributed by atoms with Gasteiger partial charge in [-0.3, -0.25) is 9.78 Å². The number of carbonyl (C=O) groups is 1. The number of aromatic nitrogens is 3. The van der Waals surface area contributed by atoms with Gasteiger partial charge in [0.05, 0.1) is 5.69 Å². The third kappa shape index (κ3) is 2.73. The molecule has 0 fully saturated rings. The van der Waals surface area contributed by atoms with Crippen molar-refractivity contribution in [3.8, 4) is 11.3 Å². The van der Waals surface area contributed by atoms with Crippen LogP contribution >= 0.6 is 0 Å². The van der Waals surface area contributed by atoms with E-state index in [1.807, 2.05) is 32.1 Å². The molecule has 96 valence electrons. The molecule has 0 spiro atoms. The largest absolute Gasteiger partial charge is 0.294 e. The molecular formula is C15H15N3O. The average Bonchev–Trinajstić information content (AvgIpc) is 2.39. The third-order valence-electron chi connectivity index (χ3n) is 2.79. The molecule has 0 atom stereocenters. The van der Waals surface area contributed by atoms with E-state index in [2.05, 4.69) is 15.0 Å². The quantitative estimate of drug-likeness (QED) is 0.789. The lowest BCUT2D eigenvalue weighted by Gasteiger charge is -2.09. The minimum atomic E-state index is 0.0222. The lowest BCUT2D eigenvalue weighted by atomic mass is 10.0. The Morgan fingerprint density at radius 1 is 1.26 bits per heavy atom. The van der Waals surface area contributed by atoms with Gasteiger partial charge in [0.15, 0.2) is 5.78 Å². The Labute approximate surface area is 112 Å². The van der Waals surface area contributed by atoms with Crippen molar-refractivity contribution in [1.82, 2.24) is 15.0 Å². The summed E-state index contributed by atoms with van der Waals surface area (Å²) in [7, 11) is 0. The molecule has 0 aliphatic rings. The van der Waals surface area contributed by atoms with Crippen molar-refractivity contribution in [3.63, 3.8) is 0 Å². The number of Topliss-reactive ketones (excluding diaryl/α,β-unsaturated/α-hetero) is 1. The van der Waals surface area contributed by atoms with Crippen LogP contribution in [0.25, 0.3) is 17.3 Å². The molecule has 19 heavy (non-hydrogen) atoms. The number of allylic oxidation sites excluding steroid dienone is 1. The molecule has 0 saturated carbocycles. The van der Waals surface area contributed by atoms with Gasteiger partial charge in [-0.1, -0.05) is 12.2 Å². The first-order chi connectivity index (χ1) is 9.13. The van der Waals surface area contributed by atoms with E-state index >= 15 is 0 Å². The highest BCUT2D eigenvalue weighted by Gasteiger charge is 2.13. The zero-order chi connectivity index (χ0) is 13.8. The van der Waals surface area contributed by atoms with Gasteiger partial charge in [-0.25, -0.2) is 9.97 Å². The van der Waals surface area contributed by atoms with Gasteiger partial charge < -0.3 is 0 Å². The molecule has 4 nitrogen and oxygen atoms in total. The Morgan fingerprint density at radius 3 is 2.53 bits per heavy atom. The molecule has 0 aliphatic heterocycles. The van der Waals surface area contributed by atoms with Gasteiger partial charge in [0.2, 0.25) is 0 Å². The first-order valence-corrected chi connectivity index (χ1v) is 6.04. The maximum atomic E-state index is 11.7. The fraction of sp³-hybridized carbons (Fsp3) is 0.200. The van der Waals surface area contributed by atoms with Crippen LogP contribution < -0.4 is 0 Å². The van der Waals surface area contributed by atoms with Gasteiger partial charge in [-0.15, -0.1) is 0 Å². The van der Waals surface area contributed by atoms with E-state index in [4.69, 9.17) is 0 Å². The van der Waals surface area contributed by atoms with Crippen LogP contribution in [0.3, 0.4) is 0 Å². The molecule has 0 aliphatic carbocycles. The van der Waals surface area contributed by atoms with Crippen LogP contribution in [0.4, 0.5) is 0 Å². The van der Waals surface area contributed by atoms with Crippen molar-refractivity contribution in [2.24, 2.45) is 0 Å². The first kappa shape index (κ1) is 13.1. The smallest absolute Gasteiger partial charge is 0.162 e. The summed E-state index contributed by atoms with van der Waals surface area (Å²) in [6.07, 6.45) is 8.72. The average molecular weight is 253 g/mol. The van der Waals surface area contributed by atoms with Crippen LogP contribution in [-0.2, 0) is 0 Å². The molecule has 2 aromatic heterocycles. The van der Waals surface area contributed by atoms with Gasteiger partial charge >= 0.3 is 0 Å². The number of rotatable bonds is 3. The molecular weight excluding hydrogens is 238 g/mol. The summed E-state index contributed by atoms with van der Waals surface area (Å²) < 4.78 is 0. The van der Waals surface area contributed by atoms with Crippen molar-refractivity contribution >= 4 is 11.9 Å². The molecule has 0 N–H and O–H groups in total. The summed E-state index contributed by atoms with van der Waals surface area (Å²) in [5.74, 6) is 0.0222. The second-order valence-corrected chi connectivity index (χ2v) is 4.24. The predicted octanol–water partition coefficient (Wildman–Crippen LogP) is 3.08. The molecule has 0 bridgehead atoms. The second kappa shape index (κ2) is 5.52. The molecule has 0 saturated heterocycles.